The first kappa shape index (κ1) is 15.8. The number of phenolic OH excluding ortho intramolecular Hbond substituents is 1. The van der Waals surface area contributed by atoms with Gasteiger partial charge in [-0.05, 0) is 50.8 Å². The van der Waals surface area contributed by atoms with Crippen molar-refractivity contribution in [2.24, 2.45) is 0 Å². The van der Waals surface area contributed by atoms with E-state index in [4.69, 9.17) is 0 Å². The SMILES string of the molecule is CCCNC1CCC(NC(=O)c2ccc(F)cc2O)CC1. The molecule has 21 heavy (non-hydrogen) atoms. The number of carbonyl (C=O) groups is 1. The molecular formula is C16H23FN2O2. The normalized spacial score (nSPS) is 22.0. The highest BCUT2D eigenvalue weighted by Crippen LogP contribution is 2.21. The number of nitrogens with one attached hydrogen (secondary N) is 2. The lowest BCUT2D eigenvalue weighted by molar-refractivity contribution is 0.0921. The highest BCUT2D eigenvalue weighted by Gasteiger charge is 2.23. The summed E-state index contributed by atoms with van der Waals surface area (Å²) in [5.41, 5.74) is 0.127. The molecule has 1 fully saturated rings. The molecule has 0 aromatic heterocycles. The first-order chi connectivity index (χ1) is 10.1. The molecule has 0 spiro atoms. The van der Waals surface area contributed by atoms with E-state index >= 15 is 0 Å². The highest BCUT2D eigenvalue weighted by molar-refractivity contribution is 5.96. The van der Waals surface area contributed by atoms with Crippen LogP contribution < -0.4 is 10.6 Å². The molecule has 0 aliphatic heterocycles. The van der Waals surface area contributed by atoms with Gasteiger partial charge in [0.25, 0.3) is 5.91 Å². The van der Waals surface area contributed by atoms with E-state index in [0.29, 0.717) is 6.04 Å². The average molecular weight is 294 g/mol. The van der Waals surface area contributed by atoms with Gasteiger partial charge in [0.15, 0.2) is 0 Å². The summed E-state index contributed by atoms with van der Waals surface area (Å²) in [5, 5.41) is 16.0. The lowest BCUT2D eigenvalue weighted by Crippen LogP contribution is -2.42. The Morgan fingerprint density at radius 2 is 1.95 bits per heavy atom. The first-order valence-corrected chi connectivity index (χ1v) is 7.63. The summed E-state index contributed by atoms with van der Waals surface area (Å²) in [5.74, 6) is -1.20. The summed E-state index contributed by atoms with van der Waals surface area (Å²) in [6.45, 7) is 3.18. The Bertz CT molecular complexity index is 485. The van der Waals surface area contributed by atoms with Gasteiger partial charge in [-0.1, -0.05) is 6.92 Å². The molecule has 0 bridgehead atoms. The monoisotopic (exact) mass is 294 g/mol. The minimum absolute atomic E-state index is 0.127. The van der Waals surface area contributed by atoms with E-state index in [2.05, 4.69) is 17.6 Å². The molecule has 116 valence electrons. The summed E-state index contributed by atoms with van der Waals surface area (Å²) < 4.78 is 12.9. The molecule has 1 saturated carbocycles. The van der Waals surface area contributed by atoms with Crippen molar-refractivity contribution in [1.82, 2.24) is 10.6 Å². The van der Waals surface area contributed by atoms with Crippen molar-refractivity contribution in [2.45, 2.75) is 51.1 Å². The summed E-state index contributed by atoms with van der Waals surface area (Å²) in [6, 6.07) is 4.12. The Kier molecular flexibility index (Phi) is 5.56. The maximum atomic E-state index is 12.9. The Morgan fingerprint density at radius 3 is 2.57 bits per heavy atom. The molecule has 1 aromatic rings. The molecule has 0 unspecified atom stereocenters. The van der Waals surface area contributed by atoms with Crippen molar-refractivity contribution in [3.05, 3.63) is 29.6 Å². The van der Waals surface area contributed by atoms with Crippen molar-refractivity contribution in [2.75, 3.05) is 6.54 Å². The molecule has 1 amide bonds. The quantitative estimate of drug-likeness (QED) is 0.782. The van der Waals surface area contributed by atoms with Gasteiger partial charge in [-0.25, -0.2) is 4.39 Å². The van der Waals surface area contributed by atoms with Crippen molar-refractivity contribution >= 4 is 5.91 Å². The number of aromatic hydroxyl groups is 1. The van der Waals surface area contributed by atoms with E-state index in [-0.39, 0.29) is 23.3 Å². The highest BCUT2D eigenvalue weighted by atomic mass is 19.1. The van der Waals surface area contributed by atoms with Crippen molar-refractivity contribution in [3.8, 4) is 5.75 Å². The van der Waals surface area contributed by atoms with Gasteiger partial charge >= 0.3 is 0 Å². The summed E-state index contributed by atoms with van der Waals surface area (Å²) in [4.78, 5) is 12.1. The Morgan fingerprint density at radius 1 is 1.29 bits per heavy atom. The number of rotatable bonds is 5. The van der Waals surface area contributed by atoms with E-state index in [9.17, 15) is 14.3 Å². The van der Waals surface area contributed by atoms with Crippen LogP contribution in [-0.4, -0.2) is 29.6 Å². The van der Waals surface area contributed by atoms with Gasteiger partial charge in [-0.2, -0.15) is 0 Å². The molecule has 1 aliphatic carbocycles. The van der Waals surface area contributed by atoms with E-state index in [1.54, 1.807) is 0 Å². The van der Waals surface area contributed by atoms with Gasteiger partial charge in [0.05, 0.1) is 5.56 Å². The third-order valence-electron chi connectivity index (χ3n) is 3.95. The van der Waals surface area contributed by atoms with Gasteiger partial charge in [-0.3, -0.25) is 4.79 Å². The Labute approximate surface area is 124 Å². The van der Waals surface area contributed by atoms with Crippen LogP contribution in [0.2, 0.25) is 0 Å². The number of halogens is 1. The minimum Gasteiger partial charge on any atom is -0.507 e. The third kappa shape index (κ3) is 4.43. The zero-order chi connectivity index (χ0) is 15.2. The molecule has 0 atom stereocenters. The van der Waals surface area contributed by atoms with Crippen LogP contribution in [0.1, 0.15) is 49.4 Å². The van der Waals surface area contributed by atoms with Crippen molar-refractivity contribution in [1.29, 1.82) is 0 Å². The fourth-order valence-corrected chi connectivity index (χ4v) is 2.75. The molecule has 1 aromatic carbocycles. The number of amides is 1. The first-order valence-electron chi connectivity index (χ1n) is 7.63. The fourth-order valence-electron chi connectivity index (χ4n) is 2.75. The fraction of sp³-hybridized carbons (Fsp3) is 0.562. The lowest BCUT2D eigenvalue weighted by atomic mass is 9.91. The Hall–Kier alpha value is -1.62. The second-order valence-electron chi connectivity index (χ2n) is 5.64. The molecule has 0 saturated heterocycles. The lowest BCUT2D eigenvalue weighted by Gasteiger charge is -2.29. The van der Waals surface area contributed by atoms with E-state index in [0.717, 1.165) is 44.7 Å². The van der Waals surface area contributed by atoms with E-state index < -0.39 is 5.82 Å². The second-order valence-corrected chi connectivity index (χ2v) is 5.64. The summed E-state index contributed by atoms with van der Waals surface area (Å²) in [6.07, 6.45) is 5.06. The average Bonchev–Trinajstić information content (AvgIpc) is 2.46. The summed E-state index contributed by atoms with van der Waals surface area (Å²) >= 11 is 0. The van der Waals surface area contributed by atoms with Gasteiger partial charge in [0.1, 0.15) is 11.6 Å². The molecule has 3 N–H and O–H groups in total. The smallest absolute Gasteiger partial charge is 0.255 e. The molecule has 0 radical (unpaired) electrons. The standard InChI is InChI=1S/C16H23FN2O2/c1-2-9-18-12-4-6-13(7-5-12)19-16(21)14-8-3-11(17)10-15(14)20/h3,8,10,12-13,18,20H,2,4-7,9H2,1H3,(H,19,21). The molecule has 0 heterocycles. The van der Waals surface area contributed by atoms with Crippen LogP contribution in [0.25, 0.3) is 0 Å². The number of carbonyl (C=O) groups excluding carboxylic acids is 1. The predicted molar refractivity (Wildman–Crippen MR) is 79.9 cm³/mol. The maximum absolute atomic E-state index is 12.9. The number of hydrogen-bond donors (Lipinski definition) is 3. The van der Waals surface area contributed by atoms with E-state index in [1.165, 1.54) is 12.1 Å². The van der Waals surface area contributed by atoms with Crippen molar-refractivity contribution in [3.63, 3.8) is 0 Å². The largest absolute Gasteiger partial charge is 0.507 e. The number of hydrogen-bond acceptors (Lipinski definition) is 3. The molecule has 2 rings (SSSR count). The topological polar surface area (TPSA) is 61.4 Å². The molecule has 5 heteroatoms. The van der Waals surface area contributed by atoms with Gasteiger partial charge < -0.3 is 15.7 Å². The van der Waals surface area contributed by atoms with Crippen LogP contribution in [0, 0.1) is 5.82 Å². The zero-order valence-electron chi connectivity index (χ0n) is 12.4. The van der Waals surface area contributed by atoms with Gasteiger partial charge in [-0.15, -0.1) is 0 Å². The number of phenols is 1. The van der Waals surface area contributed by atoms with Crippen molar-refractivity contribution < 1.29 is 14.3 Å². The van der Waals surface area contributed by atoms with Crippen LogP contribution >= 0.6 is 0 Å². The van der Waals surface area contributed by atoms with Crippen LogP contribution in [0.4, 0.5) is 4.39 Å². The van der Waals surface area contributed by atoms with Crippen LogP contribution in [0.15, 0.2) is 18.2 Å². The third-order valence-corrected chi connectivity index (χ3v) is 3.95. The van der Waals surface area contributed by atoms with Crippen LogP contribution in [0.3, 0.4) is 0 Å². The molecular weight excluding hydrogens is 271 g/mol. The Balaban J connectivity index is 1.84. The van der Waals surface area contributed by atoms with Gasteiger partial charge in [0.2, 0.25) is 0 Å². The van der Waals surface area contributed by atoms with Gasteiger partial charge in [0, 0.05) is 18.2 Å². The number of benzene rings is 1. The minimum atomic E-state index is -0.549. The molecule has 1 aliphatic rings. The zero-order valence-corrected chi connectivity index (χ0v) is 12.4. The summed E-state index contributed by atoms with van der Waals surface area (Å²) in [7, 11) is 0. The molecule has 4 nitrogen and oxygen atoms in total. The van der Waals surface area contributed by atoms with Crippen LogP contribution in [-0.2, 0) is 0 Å². The maximum Gasteiger partial charge on any atom is 0.255 e. The van der Waals surface area contributed by atoms with Crippen LogP contribution in [0.5, 0.6) is 5.75 Å². The predicted octanol–water partition coefficient (Wildman–Crippen LogP) is 2.57. The second kappa shape index (κ2) is 7.41. The van der Waals surface area contributed by atoms with E-state index in [1.807, 2.05) is 0 Å².